The molecular formula is C23H42F3NO8. The second kappa shape index (κ2) is 17.1. The van der Waals surface area contributed by atoms with Crippen LogP contribution in [0.5, 0.6) is 0 Å². The number of unbranched alkanes of at least 4 members (excludes halogenated alkanes) is 6. The summed E-state index contributed by atoms with van der Waals surface area (Å²) in [7, 11) is 1.61. The molecule has 0 spiro atoms. The number of ether oxygens (including phenoxy) is 3. The van der Waals surface area contributed by atoms with Gasteiger partial charge in [0.15, 0.2) is 0 Å². The lowest BCUT2D eigenvalue weighted by molar-refractivity contribution is -0.192. The number of carboxylic acids is 2. The van der Waals surface area contributed by atoms with Gasteiger partial charge in [-0.1, -0.05) is 51.9 Å². The normalized spacial score (nSPS) is 22.9. The summed E-state index contributed by atoms with van der Waals surface area (Å²) in [6.45, 7) is 5.97. The van der Waals surface area contributed by atoms with Crippen molar-refractivity contribution >= 4 is 11.9 Å². The Labute approximate surface area is 205 Å². The molecule has 0 aromatic carbocycles. The Morgan fingerprint density at radius 3 is 2.06 bits per heavy atom. The number of halogens is 3. The van der Waals surface area contributed by atoms with E-state index in [1.54, 1.807) is 21.0 Å². The van der Waals surface area contributed by atoms with Gasteiger partial charge in [-0.25, -0.2) is 4.79 Å². The molecule has 1 heterocycles. The minimum Gasteiger partial charge on any atom is -0.480 e. The van der Waals surface area contributed by atoms with E-state index in [0.717, 1.165) is 19.3 Å². The molecule has 0 aromatic rings. The number of aliphatic carboxylic acids is 2. The third-order valence-electron chi connectivity index (χ3n) is 5.34. The van der Waals surface area contributed by atoms with Crippen molar-refractivity contribution in [1.29, 1.82) is 0 Å². The molecule has 0 amide bonds. The average Bonchev–Trinajstić information content (AvgIpc) is 2.75. The third-order valence-corrected chi connectivity index (χ3v) is 5.34. The molecule has 4 N–H and O–H groups in total. The van der Waals surface area contributed by atoms with Gasteiger partial charge in [-0.15, -0.1) is 0 Å². The van der Waals surface area contributed by atoms with Crippen LogP contribution in [0.3, 0.4) is 0 Å². The first kappa shape index (κ1) is 33.5. The maximum atomic E-state index is 11.1. The van der Waals surface area contributed by atoms with Crippen LogP contribution < -0.4 is 5.32 Å². The molecule has 0 unspecified atom stereocenters. The van der Waals surface area contributed by atoms with Crippen LogP contribution in [0.1, 0.15) is 72.1 Å². The first-order chi connectivity index (χ1) is 16.2. The number of alkyl halides is 3. The third kappa shape index (κ3) is 16.0. The number of rotatable bonds is 15. The van der Waals surface area contributed by atoms with E-state index < -0.39 is 23.7 Å². The number of carbonyl (C=O) groups is 2. The van der Waals surface area contributed by atoms with Crippen LogP contribution in [-0.2, 0) is 23.8 Å². The molecule has 0 bridgehead atoms. The van der Waals surface area contributed by atoms with Gasteiger partial charge in [-0.2, -0.15) is 13.2 Å². The van der Waals surface area contributed by atoms with Crippen LogP contribution in [-0.4, -0.2) is 90.3 Å². The van der Waals surface area contributed by atoms with E-state index in [9.17, 15) is 23.1 Å². The van der Waals surface area contributed by atoms with Crippen LogP contribution in [0.15, 0.2) is 0 Å². The number of hydrogen-bond donors (Lipinski definition) is 4. The van der Waals surface area contributed by atoms with Crippen molar-refractivity contribution in [3.63, 3.8) is 0 Å². The number of carboxylic acid groups (broad SMARTS) is 2. The Bertz CT molecular complexity index is 598. The first-order valence-electron chi connectivity index (χ1n) is 12.0. The lowest BCUT2D eigenvalue weighted by atomic mass is 9.92. The zero-order valence-electron chi connectivity index (χ0n) is 21.1. The SMILES string of the molecule is CCCCCCCCC[C@@H]1OC[C@@H](OCC(C)(C)O)[C@@H](OC)[C@@H]1NCC(=O)O.O=C(O)C(F)(F)F. The fourth-order valence-electron chi connectivity index (χ4n) is 3.63. The van der Waals surface area contributed by atoms with Crippen LogP contribution >= 0.6 is 0 Å². The van der Waals surface area contributed by atoms with E-state index in [1.165, 1.54) is 32.1 Å². The molecule has 1 fully saturated rings. The van der Waals surface area contributed by atoms with Crippen molar-refractivity contribution in [1.82, 2.24) is 5.32 Å². The van der Waals surface area contributed by atoms with Crippen molar-refractivity contribution in [3.05, 3.63) is 0 Å². The van der Waals surface area contributed by atoms with Crippen LogP contribution in [0.4, 0.5) is 13.2 Å². The maximum Gasteiger partial charge on any atom is 0.490 e. The van der Waals surface area contributed by atoms with Gasteiger partial charge >= 0.3 is 18.1 Å². The monoisotopic (exact) mass is 517 g/mol. The molecule has 35 heavy (non-hydrogen) atoms. The van der Waals surface area contributed by atoms with Gasteiger partial charge in [0.05, 0.1) is 37.5 Å². The molecule has 1 saturated heterocycles. The molecule has 0 radical (unpaired) electrons. The fraction of sp³-hybridized carbons (Fsp3) is 0.913. The van der Waals surface area contributed by atoms with Gasteiger partial charge in [0.1, 0.15) is 12.2 Å². The van der Waals surface area contributed by atoms with Crippen LogP contribution in [0.2, 0.25) is 0 Å². The smallest absolute Gasteiger partial charge is 0.480 e. The van der Waals surface area contributed by atoms with Crippen molar-refractivity contribution in [2.45, 2.75) is 108 Å². The minimum absolute atomic E-state index is 0.109. The molecule has 1 aliphatic rings. The maximum absolute atomic E-state index is 11.1. The van der Waals surface area contributed by atoms with E-state index in [2.05, 4.69) is 12.2 Å². The highest BCUT2D eigenvalue weighted by atomic mass is 19.4. The molecule has 12 heteroatoms. The highest BCUT2D eigenvalue weighted by Gasteiger charge is 2.41. The second-order valence-electron chi connectivity index (χ2n) is 9.25. The zero-order chi connectivity index (χ0) is 27.1. The Morgan fingerprint density at radius 2 is 1.60 bits per heavy atom. The second-order valence-corrected chi connectivity index (χ2v) is 9.25. The van der Waals surface area contributed by atoms with Gasteiger partial charge < -0.3 is 29.5 Å². The molecule has 0 aromatic heterocycles. The molecule has 4 atom stereocenters. The predicted octanol–water partition coefficient (Wildman–Crippen LogP) is 3.37. The fourth-order valence-corrected chi connectivity index (χ4v) is 3.63. The summed E-state index contributed by atoms with van der Waals surface area (Å²) in [4.78, 5) is 20.0. The number of nitrogens with one attached hydrogen (secondary N) is 1. The van der Waals surface area contributed by atoms with Gasteiger partial charge in [0, 0.05) is 7.11 Å². The van der Waals surface area contributed by atoms with E-state index in [4.69, 9.17) is 29.2 Å². The summed E-state index contributed by atoms with van der Waals surface area (Å²) >= 11 is 0. The number of aliphatic hydroxyl groups is 1. The quantitative estimate of drug-likeness (QED) is 0.241. The largest absolute Gasteiger partial charge is 0.490 e. The van der Waals surface area contributed by atoms with Gasteiger partial charge in [0.2, 0.25) is 0 Å². The van der Waals surface area contributed by atoms with Crippen molar-refractivity contribution in [3.8, 4) is 0 Å². The topological polar surface area (TPSA) is 135 Å². The Hall–Kier alpha value is -1.47. The molecule has 0 saturated carbocycles. The van der Waals surface area contributed by atoms with Crippen molar-refractivity contribution < 1.29 is 52.3 Å². The molecule has 208 valence electrons. The van der Waals surface area contributed by atoms with E-state index in [-0.39, 0.29) is 37.5 Å². The Kier molecular flexibility index (Phi) is 16.4. The lowest BCUT2D eigenvalue weighted by Crippen LogP contribution is -2.61. The first-order valence-corrected chi connectivity index (χ1v) is 12.0. The van der Waals surface area contributed by atoms with Gasteiger partial charge in [0.25, 0.3) is 0 Å². The Balaban J connectivity index is 0.00000143. The van der Waals surface area contributed by atoms with Gasteiger partial charge in [-0.05, 0) is 20.3 Å². The van der Waals surface area contributed by atoms with E-state index >= 15 is 0 Å². The summed E-state index contributed by atoms with van der Waals surface area (Å²) in [5.41, 5.74) is -0.948. The van der Waals surface area contributed by atoms with E-state index in [0.29, 0.717) is 6.61 Å². The summed E-state index contributed by atoms with van der Waals surface area (Å²) in [5.74, 6) is -3.67. The zero-order valence-corrected chi connectivity index (χ0v) is 21.1. The van der Waals surface area contributed by atoms with Crippen LogP contribution in [0, 0.1) is 0 Å². The summed E-state index contributed by atoms with van der Waals surface area (Å²) < 4.78 is 49.3. The minimum atomic E-state index is -5.08. The molecule has 0 aliphatic carbocycles. The summed E-state index contributed by atoms with van der Waals surface area (Å²) in [5, 5.41) is 29.2. The van der Waals surface area contributed by atoms with E-state index in [1.807, 2.05) is 0 Å². The molecule has 1 rings (SSSR count). The summed E-state index contributed by atoms with van der Waals surface area (Å²) in [6.07, 6.45) is 3.54. The average molecular weight is 518 g/mol. The number of methoxy groups -OCH3 is 1. The molecular weight excluding hydrogens is 475 g/mol. The Morgan fingerprint density at radius 1 is 1.06 bits per heavy atom. The van der Waals surface area contributed by atoms with Gasteiger partial charge in [-0.3, -0.25) is 10.1 Å². The number of hydrogen-bond acceptors (Lipinski definition) is 7. The van der Waals surface area contributed by atoms with Crippen molar-refractivity contribution in [2.24, 2.45) is 0 Å². The standard InChI is InChI=1S/C21H41NO6.C2HF3O2/c1-5-6-7-8-9-10-11-12-16-19(22-13-18(23)24)20(26-4)17(14-27-16)28-15-21(2,3)25;3-2(4,5)1(6)7/h16-17,19-20,22,25H,5-15H2,1-4H3,(H,23,24);(H,6,7)/t16-,17+,19+,20+;/m0./s1. The highest BCUT2D eigenvalue weighted by Crippen LogP contribution is 2.25. The molecule has 1 aliphatic heterocycles. The molecule has 9 nitrogen and oxygen atoms in total. The van der Waals surface area contributed by atoms with Crippen molar-refractivity contribution in [2.75, 3.05) is 26.9 Å². The highest BCUT2D eigenvalue weighted by molar-refractivity contribution is 5.73. The lowest BCUT2D eigenvalue weighted by Gasteiger charge is -2.43. The predicted molar refractivity (Wildman–Crippen MR) is 122 cm³/mol. The van der Waals surface area contributed by atoms with Crippen LogP contribution in [0.25, 0.3) is 0 Å². The summed E-state index contributed by atoms with van der Waals surface area (Å²) in [6, 6.07) is -0.262.